The quantitative estimate of drug-likeness (QED) is 0.840. The van der Waals surface area contributed by atoms with Crippen molar-refractivity contribution in [2.24, 2.45) is 0 Å². The molecule has 0 aliphatic carbocycles. The number of fused-ring (bicyclic) bond motifs is 1. The van der Waals surface area contributed by atoms with Crippen LogP contribution in [0, 0.1) is 13.8 Å². The molecule has 0 bridgehead atoms. The van der Waals surface area contributed by atoms with E-state index in [9.17, 15) is 14.7 Å². The van der Waals surface area contributed by atoms with E-state index in [0.717, 1.165) is 0 Å². The first-order chi connectivity index (χ1) is 10.4. The number of para-hydroxylation sites is 1. The number of aliphatic hydroxyl groups is 1. The van der Waals surface area contributed by atoms with Gasteiger partial charge in [-0.05, 0) is 19.9 Å². The topological polar surface area (TPSA) is 86.3 Å². The van der Waals surface area contributed by atoms with Crippen molar-refractivity contribution in [2.45, 2.75) is 25.9 Å². The number of nitrogens with zero attached hydrogens (tertiary/aromatic N) is 2. The third-order valence-electron chi connectivity index (χ3n) is 4.19. The highest BCUT2D eigenvalue weighted by atomic mass is 16.3. The third kappa shape index (κ3) is 1.88. The Morgan fingerprint density at radius 3 is 2.68 bits per heavy atom. The Morgan fingerprint density at radius 2 is 2.05 bits per heavy atom. The number of H-pyrrole nitrogens is 1. The molecular formula is C16H17N3O3. The Hall–Kier alpha value is -2.47. The fraction of sp³-hybridized carbons (Fsp3) is 0.312. The fourth-order valence-electron chi connectivity index (χ4n) is 3.07. The Morgan fingerprint density at radius 1 is 1.36 bits per heavy atom. The largest absolute Gasteiger partial charge is 0.375 e. The van der Waals surface area contributed by atoms with Crippen LogP contribution in [-0.4, -0.2) is 34.0 Å². The molecule has 2 heterocycles. The van der Waals surface area contributed by atoms with Crippen LogP contribution >= 0.6 is 0 Å². The van der Waals surface area contributed by atoms with E-state index < -0.39 is 11.5 Å². The second kappa shape index (κ2) is 4.78. The summed E-state index contributed by atoms with van der Waals surface area (Å²) in [4.78, 5) is 26.4. The monoisotopic (exact) mass is 299 g/mol. The maximum absolute atomic E-state index is 12.6. The van der Waals surface area contributed by atoms with Crippen LogP contribution in [0.15, 0.2) is 24.3 Å². The van der Waals surface area contributed by atoms with Gasteiger partial charge in [-0.25, -0.2) is 0 Å². The zero-order chi connectivity index (χ0) is 16.1. The van der Waals surface area contributed by atoms with Gasteiger partial charge in [-0.2, -0.15) is 5.10 Å². The molecule has 1 aliphatic heterocycles. The van der Waals surface area contributed by atoms with Crippen LogP contribution in [-0.2, 0) is 10.4 Å². The molecule has 0 spiro atoms. The van der Waals surface area contributed by atoms with Crippen LogP contribution in [0.5, 0.6) is 0 Å². The first kappa shape index (κ1) is 14.5. The zero-order valence-corrected chi connectivity index (χ0v) is 12.7. The van der Waals surface area contributed by atoms with Crippen molar-refractivity contribution in [3.63, 3.8) is 0 Å². The zero-order valence-electron chi connectivity index (χ0n) is 12.7. The summed E-state index contributed by atoms with van der Waals surface area (Å²) in [6, 6.07) is 6.97. The van der Waals surface area contributed by atoms with Gasteiger partial charge in [0.05, 0.1) is 23.4 Å². The Kier molecular flexibility index (Phi) is 3.14. The van der Waals surface area contributed by atoms with E-state index >= 15 is 0 Å². The minimum atomic E-state index is -1.82. The van der Waals surface area contributed by atoms with Gasteiger partial charge in [0.15, 0.2) is 11.4 Å². The lowest BCUT2D eigenvalue weighted by atomic mass is 9.87. The van der Waals surface area contributed by atoms with Crippen LogP contribution in [0.1, 0.15) is 33.7 Å². The predicted octanol–water partition coefficient (Wildman–Crippen LogP) is 1.46. The molecule has 0 unspecified atom stereocenters. The van der Waals surface area contributed by atoms with Crippen LogP contribution < -0.4 is 4.90 Å². The van der Waals surface area contributed by atoms with Gasteiger partial charge >= 0.3 is 0 Å². The summed E-state index contributed by atoms with van der Waals surface area (Å²) in [7, 11) is 1.60. The molecule has 3 rings (SSSR count). The molecule has 6 heteroatoms. The number of nitrogens with one attached hydrogen (secondary N) is 1. The Labute approximate surface area is 127 Å². The van der Waals surface area contributed by atoms with Crippen molar-refractivity contribution < 1.29 is 14.7 Å². The average Bonchev–Trinajstić information content (AvgIpc) is 2.92. The molecule has 114 valence electrons. The molecule has 2 N–H and O–H groups in total. The second-order valence-electron chi connectivity index (χ2n) is 5.65. The van der Waals surface area contributed by atoms with Crippen LogP contribution in [0.2, 0.25) is 0 Å². The number of rotatable bonds is 3. The SMILES string of the molecule is Cc1n[nH]c(C)c1C(=O)C[C@]1(O)C(=O)N(C)c2ccccc21. The number of amides is 1. The summed E-state index contributed by atoms with van der Waals surface area (Å²) in [6.07, 6.45) is -0.297. The van der Waals surface area contributed by atoms with Gasteiger partial charge in [-0.3, -0.25) is 14.7 Å². The lowest BCUT2D eigenvalue weighted by Crippen LogP contribution is -2.40. The molecular weight excluding hydrogens is 282 g/mol. The highest BCUT2D eigenvalue weighted by molar-refractivity contribution is 6.10. The number of aromatic nitrogens is 2. The highest BCUT2D eigenvalue weighted by Crippen LogP contribution is 2.42. The van der Waals surface area contributed by atoms with Crippen molar-refractivity contribution in [1.82, 2.24) is 10.2 Å². The Bertz CT molecular complexity index is 761. The minimum absolute atomic E-state index is 0.297. The summed E-state index contributed by atoms with van der Waals surface area (Å²) < 4.78 is 0. The van der Waals surface area contributed by atoms with Gasteiger partial charge < -0.3 is 10.0 Å². The third-order valence-corrected chi connectivity index (χ3v) is 4.19. The maximum atomic E-state index is 12.6. The normalized spacial score (nSPS) is 20.4. The van der Waals surface area contributed by atoms with Gasteiger partial charge in [-0.15, -0.1) is 0 Å². The average molecular weight is 299 g/mol. The molecule has 2 aromatic rings. The van der Waals surface area contributed by atoms with Gasteiger partial charge in [-0.1, -0.05) is 18.2 Å². The second-order valence-corrected chi connectivity index (χ2v) is 5.65. The molecule has 1 amide bonds. The van der Waals surface area contributed by atoms with Crippen molar-refractivity contribution >= 4 is 17.4 Å². The van der Waals surface area contributed by atoms with Crippen LogP contribution in [0.3, 0.4) is 0 Å². The van der Waals surface area contributed by atoms with E-state index in [1.807, 2.05) is 0 Å². The molecule has 0 radical (unpaired) electrons. The number of anilines is 1. The number of ketones is 1. The molecule has 22 heavy (non-hydrogen) atoms. The number of carbonyl (C=O) groups excluding carboxylic acids is 2. The van der Waals surface area contributed by atoms with Crippen molar-refractivity contribution in [1.29, 1.82) is 0 Å². The molecule has 1 atom stereocenters. The summed E-state index contributed by atoms with van der Waals surface area (Å²) in [5.41, 5.74) is 0.918. The van der Waals surface area contributed by atoms with Crippen LogP contribution in [0.4, 0.5) is 5.69 Å². The lowest BCUT2D eigenvalue weighted by molar-refractivity contribution is -0.135. The van der Waals surface area contributed by atoms with Gasteiger partial charge in [0.25, 0.3) is 5.91 Å². The first-order valence-corrected chi connectivity index (χ1v) is 7.01. The molecule has 1 aromatic heterocycles. The van der Waals surface area contributed by atoms with Crippen LogP contribution in [0.25, 0.3) is 0 Å². The van der Waals surface area contributed by atoms with Crippen molar-refractivity contribution in [2.75, 3.05) is 11.9 Å². The summed E-state index contributed by atoms with van der Waals surface area (Å²) in [6.45, 7) is 3.46. The van der Waals surface area contributed by atoms with E-state index in [1.165, 1.54) is 4.90 Å². The summed E-state index contributed by atoms with van der Waals surface area (Å²) in [5, 5.41) is 17.6. The van der Waals surface area contributed by atoms with E-state index in [-0.39, 0.29) is 12.2 Å². The van der Waals surface area contributed by atoms with Gasteiger partial charge in [0, 0.05) is 18.3 Å². The summed E-state index contributed by atoms with van der Waals surface area (Å²) >= 11 is 0. The van der Waals surface area contributed by atoms with E-state index in [0.29, 0.717) is 28.2 Å². The molecule has 0 fully saturated rings. The molecule has 1 aliphatic rings. The number of likely N-dealkylation sites (N-methyl/N-ethyl adjacent to an activating group) is 1. The number of carbonyl (C=O) groups is 2. The number of Topliss-reactive ketones (excluding diaryl/α,β-unsaturated/α-hetero) is 1. The Balaban J connectivity index is 2.01. The molecule has 6 nitrogen and oxygen atoms in total. The standard InChI is InChI=1S/C16H17N3O3/c1-9-14(10(2)18-17-9)13(20)8-16(22)11-6-4-5-7-12(11)19(3)15(16)21/h4-7,22H,8H2,1-3H3,(H,17,18)/t16-/m1/s1. The van der Waals surface area contributed by atoms with E-state index in [2.05, 4.69) is 10.2 Å². The fourth-order valence-corrected chi connectivity index (χ4v) is 3.07. The lowest BCUT2D eigenvalue weighted by Gasteiger charge is -2.21. The van der Waals surface area contributed by atoms with Gasteiger partial charge in [0.1, 0.15) is 0 Å². The number of hydrogen-bond acceptors (Lipinski definition) is 4. The smallest absolute Gasteiger partial charge is 0.263 e. The predicted molar refractivity (Wildman–Crippen MR) is 80.8 cm³/mol. The molecule has 0 saturated heterocycles. The number of benzene rings is 1. The number of aromatic amines is 1. The first-order valence-electron chi connectivity index (χ1n) is 7.01. The van der Waals surface area contributed by atoms with Crippen molar-refractivity contribution in [3.05, 3.63) is 46.8 Å². The van der Waals surface area contributed by atoms with Crippen molar-refractivity contribution in [3.8, 4) is 0 Å². The number of hydrogen-bond donors (Lipinski definition) is 2. The van der Waals surface area contributed by atoms with Gasteiger partial charge in [0.2, 0.25) is 0 Å². The maximum Gasteiger partial charge on any atom is 0.263 e. The van der Waals surface area contributed by atoms with E-state index in [1.54, 1.807) is 45.2 Å². The minimum Gasteiger partial charge on any atom is -0.375 e. The summed E-state index contributed by atoms with van der Waals surface area (Å²) in [5.74, 6) is -0.787. The highest BCUT2D eigenvalue weighted by Gasteiger charge is 2.49. The van der Waals surface area contributed by atoms with E-state index in [4.69, 9.17) is 0 Å². The molecule has 1 aromatic carbocycles. The molecule has 0 saturated carbocycles. The number of aryl methyl sites for hydroxylation is 2.